The molecule has 0 bridgehead atoms. The van der Waals surface area contributed by atoms with Gasteiger partial charge in [-0.1, -0.05) is 36.1 Å². The van der Waals surface area contributed by atoms with Crippen LogP contribution in [0.4, 0.5) is 5.69 Å². The Morgan fingerprint density at radius 3 is 2.74 bits per heavy atom. The third kappa shape index (κ3) is 3.04. The summed E-state index contributed by atoms with van der Waals surface area (Å²) in [6.45, 7) is 2.45. The number of thiocarbonyl (C=S) groups is 1. The Hall–Kier alpha value is -2.05. The highest BCUT2D eigenvalue weighted by molar-refractivity contribution is 8.27. The number of hydrogen-bond donors (Lipinski definition) is 0. The molecule has 0 saturated carbocycles. The van der Waals surface area contributed by atoms with Gasteiger partial charge >= 0.3 is 0 Å². The number of hydrogen-bond acceptors (Lipinski definition) is 4. The van der Waals surface area contributed by atoms with Gasteiger partial charge < -0.3 is 9.30 Å². The molecule has 0 aliphatic carbocycles. The predicted octanol–water partition coefficient (Wildman–Crippen LogP) is 3.83. The quantitative estimate of drug-likeness (QED) is 0.624. The lowest BCUT2D eigenvalue weighted by molar-refractivity contribution is -0.113. The lowest BCUT2D eigenvalue weighted by atomic mass is 10.2. The van der Waals surface area contributed by atoms with Crippen LogP contribution in [0.3, 0.4) is 0 Å². The van der Waals surface area contributed by atoms with E-state index in [9.17, 15) is 4.79 Å². The smallest absolute Gasteiger partial charge is 0.270 e. The zero-order valence-electron chi connectivity index (χ0n) is 12.9. The van der Waals surface area contributed by atoms with Crippen molar-refractivity contribution in [2.45, 2.75) is 6.92 Å². The molecule has 1 aromatic carbocycles. The molecule has 0 atom stereocenters. The molecule has 0 N–H and O–H groups in total. The molecule has 6 heteroatoms. The summed E-state index contributed by atoms with van der Waals surface area (Å²) < 4.78 is 8.10. The maximum atomic E-state index is 12.8. The van der Waals surface area contributed by atoms with E-state index in [0.717, 1.165) is 5.69 Å². The van der Waals surface area contributed by atoms with Gasteiger partial charge in [0.15, 0.2) is 4.32 Å². The van der Waals surface area contributed by atoms with Crippen molar-refractivity contribution in [3.05, 3.63) is 53.2 Å². The van der Waals surface area contributed by atoms with Gasteiger partial charge in [-0.15, -0.1) is 0 Å². The lowest BCUT2D eigenvalue weighted by Crippen LogP contribution is -2.28. The maximum Gasteiger partial charge on any atom is 0.270 e. The summed E-state index contributed by atoms with van der Waals surface area (Å²) >= 11 is 6.72. The van der Waals surface area contributed by atoms with E-state index in [2.05, 4.69) is 0 Å². The van der Waals surface area contributed by atoms with E-state index < -0.39 is 0 Å². The minimum absolute atomic E-state index is 0.117. The number of nitrogens with zero attached hydrogens (tertiary/aromatic N) is 2. The first-order valence-electron chi connectivity index (χ1n) is 7.23. The second kappa shape index (κ2) is 6.60. The molecule has 2 heterocycles. The van der Waals surface area contributed by atoms with E-state index in [1.54, 1.807) is 4.90 Å². The van der Waals surface area contributed by atoms with Crippen LogP contribution in [0.15, 0.2) is 47.5 Å². The standard InChI is InChI=1S/C17H16N2O2S2/c1-3-21-14-9-5-4-8-13(14)19-16(20)15(23-17(19)22)11-12-7-6-10-18(12)2/h4-11H,3H2,1-2H3. The van der Waals surface area contributed by atoms with Crippen LogP contribution in [0, 0.1) is 0 Å². The second-order valence-electron chi connectivity index (χ2n) is 4.96. The number of amides is 1. The first-order chi connectivity index (χ1) is 11.1. The topological polar surface area (TPSA) is 34.5 Å². The monoisotopic (exact) mass is 344 g/mol. The van der Waals surface area contributed by atoms with E-state index in [1.807, 2.05) is 67.2 Å². The number of anilines is 1. The Morgan fingerprint density at radius 2 is 2.04 bits per heavy atom. The van der Waals surface area contributed by atoms with Crippen molar-refractivity contribution >= 4 is 46.0 Å². The number of rotatable bonds is 4. The minimum atomic E-state index is -0.117. The Morgan fingerprint density at radius 1 is 1.26 bits per heavy atom. The summed E-state index contributed by atoms with van der Waals surface area (Å²) in [7, 11) is 1.94. The van der Waals surface area contributed by atoms with Crippen LogP contribution in [0.1, 0.15) is 12.6 Å². The molecule has 0 unspecified atom stereocenters. The maximum absolute atomic E-state index is 12.8. The summed E-state index contributed by atoms with van der Waals surface area (Å²) in [5.41, 5.74) is 1.65. The van der Waals surface area contributed by atoms with Gasteiger partial charge in [0.2, 0.25) is 0 Å². The highest BCUT2D eigenvalue weighted by atomic mass is 32.2. The zero-order valence-corrected chi connectivity index (χ0v) is 14.5. The SMILES string of the molecule is CCOc1ccccc1N1C(=O)C(=Cc2cccn2C)SC1=S. The van der Waals surface area contributed by atoms with E-state index in [0.29, 0.717) is 27.3 Å². The fourth-order valence-electron chi connectivity index (χ4n) is 2.35. The predicted molar refractivity (Wildman–Crippen MR) is 98.7 cm³/mol. The van der Waals surface area contributed by atoms with Crippen LogP contribution in [0.2, 0.25) is 0 Å². The number of aryl methyl sites for hydroxylation is 1. The van der Waals surface area contributed by atoms with Crippen molar-refractivity contribution < 1.29 is 9.53 Å². The second-order valence-corrected chi connectivity index (χ2v) is 6.64. The summed E-state index contributed by atoms with van der Waals surface area (Å²) in [5, 5.41) is 0. The van der Waals surface area contributed by atoms with Gasteiger partial charge in [0.25, 0.3) is 5.91 Å². The largest absolute Gasteiger partial charge is 0.492 e. The third-order valence-electron chi connectivity index (χ3n) is 3.46. The van der Waals surface area contributed by atoms with Gasteiger partial charge in [0, 0.05) is 18.9 Å². The summed E-state index contributed by atoms with van der Waals surface area (Å²) in [5.74, 6) is 0.541. The fraction of sp³-hybridized carbons (Fsp3) is 0.176. The van der Waals surface area contributed by atoms with E-state index in [4.69, 9.17) is 17.0 Å². The fourth-order valence-corrected chi connectivity index (χ4v) is 3.62. The molecule has 1 aliphatic heterocycles. The Balaban J connectivity index is 1.97. The number of carbonyl (C=O) groups excluding carboxylic acids is 1. The van der Waals surface area contributed by atoms with Crippen LogP contribution in [-0.4, -0.2) is 21.4 Å². The molecule has 1 aromatic heterocycles. The van der Waals surface area contributed by atoms with Crippen molar-refractivity contribution in [3.8, 4) is 5.75 Å². The number of thioether (sulfide) groups is 1. The van der Waals surface area contributed by atoms with E-state index >= 15 is 0 Å². The molecule has 118 valence electrons. The van der Waals surface area contributed by atoms with Crippen LogP contribution in [0.25, 0.3) is 6.08 Å². The molecule has 23 heavy (non-hydrogen) atoms. The molecule has 3 rings (SSSR count). The van der Waals surface area contributed by atoms with Crippen molar-refractivity contribution in [1.82, 2.24) is 4.57 Å². The molecule has 1 fully saturated rings. The number of ether oxygens (including phenoxy) is 1. The van der Waals surface area contributed by atoms with Gasteiger partial charge in [-0.25, -0.2) is 0 Å². The highest BCUT2D eigenvalue weighted by Crippen LogP contribution is 2.39. The van der Waals surface area contributed by atoms with Gasteiger partial charge in [0.1, 0.15) is 5.75 Å². The van der Waals surface area contributed by atoms with Gasteiger partial charge in [-0.2, -0.15) is 0 Å². The average Bonchev–Trinajstić information content (AvgIpc) is 3.05. The van der Waals surface area contributed by atoms with Crippen LogP contribution in [-0.2, 0) is 11.8 Å². The zero-order chi connectivity index (χ0) is 16.4. The summed E-state index contributed by atoms with van der Waals surface area (Å²) in [6.07, 6.45) is 3.81. The Labute approximate surface area is 144 Å². The normalized spacial score (nSPS) is 16.4. The van der Waals surface area contributed by atoms with Crippen LogP contribution >= 0.6 is 24.0 Å². The molecule has 1 saturated heterocycles. The van der Waals surface area contributed by atoms with Crippen molar-refractivity contribution in [2.24, 2.45) is 7.05 Å². The number of para-hydroxylation sites is 2. The minimum Gasteiger partial charge on any atom is -0.492 e. The molecule has 2 aromatic rings. The van der Waals surface area contributed by atoms with Gasteiger partial charge in [-0.3, -0.25) is 9.69 Å². The Kier molecular flexibility index (Phi) is 4.54. The van der Waals surface area contributed by atoms with Crippen LogP contribution < -0.4 is 9.64 Å². The molecule has 0 spiro atoms. The molecule has 0 radical (unpaired) electrons. The third-order valence-corrected chi connectivity index (χ3v) is 4.76. The molecule has 4 nitrogen and oxygen atoms in total. The summed E-state index contributed by atoms with van der Waals surface area (Å²) in [4.78, 5) is 15.0. The first-order valence-corrected chi connectivity index (χ1v) is 8.45. The van der Waals surface area contributed by atoms with E-state index in [1.165, 1.54) is 11.8 Å². The average molecular weight is 344 g/mol. The molecule has 1 amide bonds. The van der Waals surface area contributed by atoms with Crippen molar-refractivity contribution in [3.63, 3.8) is 0 Å². The highest BCUT2D eigenvalue weighted by Gasteiger charge is 2.35. The van der Waals surface area contributed by atoms with Crippen LogP contribution in [0.5, 0.6) is 5.75 Å². The molecule has 1 aliphatic rings. The molecular weight excluding hydrogens is 328 g/mol. The number of benzene rings is 1. The van der Waals surface area contributed by atoms with Gasteiger partial charge in [0.05, 0.1) is 17.2 Å². The Bertz CT molecular complexity index is 795. The first kappa shape index (κ1) is 15.8. The number of carbonyl (C=O) groups is 1. The number of aromatic nitrogens is 1. The summed E-state index contributed by atoms with van der Waals surface area (Å²) in [6, 6.07) is 11.3. The van der Waals surface area contributed by atoms with Crippen molar-refractivity contribution in [1.29, 1.82) is 0 Å². The van der Waals surface area contributed by atoms with E-state index in [-0.39, 0.29) is 5.91 Å². The van der Waals surface area contributed by atoms with Gasteiger partial charge in [-0.05, 0) is 37.3 Å². The lowest BCUT2D eigenvalue weighted by Gasteiger charge is -2.18. The van der Waals surface area contributed by atoms with Crippen molar-refractivity contribution in [2.75, 3.05) is 11.5 Å². The molecular formula is C17H16N2O2S2.